The number of nitrogens with zero attached hydrogens (tertiary/aromatic N) is 1. The van der Waals surface area contributed by atoms with Crippen molar-refractivity contribution in [2.24, 2.45) is 0 Å². The number of aromatic nitrogens is 2. The zero-order valence-corrected chi connectivity index (χ0v) is 9.64. The molecule has 1 aromatic heterocycles. The van der Waals surface area contributed by atoms with Crippen molar-refractivity contribution in [3.05, 3.63) is 5.69 Å². The topological polar surface area (TPSA) is 113 Å². The Kier molecular flexibility index (Phi) is 3.20. The van der Waals surface area contributed by atoms with E-state index in [1.807, 2.05) is 0 Å². The Morgan fingerprint density at radius 3 is 2.47 bits per heavy atom. The van der Waals surface area contributed by atoms with Gasteiger partial charge in [0.1, 0.15) is 0 Å². The van der Waals surface area contributed by atoms with Gasteiger partial charge in [0.2, 0.25) is 0 Å². The summed E-state index contributed by atoms with van der Waals surface area (Å²) in [5.74, 6) is 0.112. The van der Waals surface area contributed by atoms with Crippen LogP contribution in [0.25, 0.3) is 0 Å². The zero-order valence-electron chi connectivity index (χ0n) is 8.83. The predicted octanol–water partition coefficient (Wildman–Crippen LogP) is -0.0450. The molecule has 0 spiro atoms. The standard InChI is InChI=1S/C7H15N5O2S/c1-4(2)11-15(13,14)12-7-6(8)5(3)9-10-7/h4,11H,8H2,1-3H3,(H2,9,10,12). The summed E-state index contributed by atoms with van der Waals surface area (Å²) < 4.78 is 27.5. The van der Waals surface area contributed by atoms with E-state index in [4.69, 9.17) is 5.73 Å². The first kappa shape index (κ1) is 11.8. The Morgan fingerprint density at radius 1 is 1.47 bits per heavy atom. The number of hydrogen-bond donors (Lipinski definition) is 4. The van der Waals surface area contributed by atoms with E-state index in [9.17, 15) is 8.42 Å². The number of nitrogens with two attached hydrogens (primary N) is 1. The van der Waals surface area contributed by atoms with Crippen molar-refractivity contribution >= 4 is 21.7 Å². The molecule has 0 bridgehead atoms. The van der Waals surface area contributed by atoms with Gasteiger partial charge in [0.25, 0.3) is 0 Å². The minimum atomic E-state index is -3.61. The molecule has 0 unspecified atom stereocenters. The van der Waals surface area contributed by atoms with Crippen molar-refractivity contribution < 1.29 is 8.42 Å². The second-order valence-corrected chi connectivity index (χ2v) is 4.94. The summed E-state index contributed by atoms with van der Waals surface area (Å²) in [4.78, 5) is 0. The van der Waals surface area contributed by atoms with Gasteiger partial charge in [0, 0.05) is 6.04 Å². The van der Waals surface area contributed by atoms with Crippen molar-refractivity contribution in [1.29, 1.82) is 0 Å². The third kappa shape index (κ3) is 3.10. The van der Waals surface area contributed by atoms with Gasteiger partial charge in [-0.25, -0.2) is 0 Å². The fraction of sp³-hybridized carbons (Fsp3) is 0.571. The summed E-state index contributed by atoms with van der Waals surface area (Å²) in [7, 11) is -3.61. The molecule has 0 radical (unpaired) electrons. The van der Waals surface area contributed by atoms with Gasteiger partial charge in [-0.2, -0.15) is 18.2 Å². The van der Waals surface area contributed by atoms with E-state index in [1.165, 1.54) is 0 Å². The number of nitrogen functional groups attached to an aromatic ring is 1. The Balaban J connectivity index is 2.82. The molecule has 0 aliphatic rings. The zero-order chi connectivity index (χ0) is 11.6. The van der Waals surface area contributed by atoms with Crippen molar-refractivity contribution in [2.45, 2.75) is 26.8 Å². The molecule has 0 fully saturated rings. The van der Waals surface area contributed by atoms with Crippen LogP contribution in [0.2, 0.25) is 0 Å². The first-order valence-corrected chi connectivity index (χ1v) is 5.90. The molecule has 7 nitrogen and oxygen atoms in total. The average molecular weight is 233 g/mol. The van der Waals surface area contributed by atoms with Crippen LogP contribution in [0.5, 0.6) is 0 Å². The lowest BCUT2D eigenvalue weighted by Gasteiger charge is -2.09. The molecule has 1 heterocycles. The lowest BCUT2D eigenvalue weighted by atomic mass is 10.4. The quantitative estimate of drug-likeness (QED) is 0.584. The highest BCUT2D eigenvalue weighted by Gasteiger charge is 2.15. The van der Waals surface area contributed by atoms with Gasteiger partial charge in [0.05, 0.1) is 11.4 Å². The SMILES string of the molecule is Cc1[nH]nc(NS(=O)(=O)NC(C)C)c1N. The molecule has 5 N–H and O–H groups in total. The van der Waals surface area contributed by atoms with E-state index in [1.54, 1.807) is 20.8 Å². The molecular weight excluding hydrogens is 218 g/mol. The average Bonchev–Trinajstić information content (AvgIpc) is 2.33. The van der Waals surface area contributed by atoms with Crippen molar-refractivity contribution in [1.82, 2.24) is 14.9 Å². The van der Waals surface area contributed by atoms with Crippen molar-refractivity contribution in [3.8, 4) is 0 Å². The molecule has 0 saturated carbocycles. The summed E-state index contributed by atoms with van der Waals surface area (Å²) in [6.45, 7) is 5.15. The number of hydrogen-bond acceptors (Lipinski definition) is 4. The van der Waals surface area contributed by atoms with E-state index >= 15 is 0 Å². The van der Waals surface area contributed by atoms with Gasteiger partial charge in [-0.15, -0.1) is 0 Å². The summed E-state index contributed by atoms with van der Waals surface area (Å²) in [5.41, 5.74) is 6.51. The van der Waals surface area contributed by atoms with E-state index in [2.05, 4.69) is 19.6 Å². The summed E-state index contributed by atoms with van der Waals surface area (Å²) >= 11 is 0. The number of H-pyrrole nitrogens is 1. The second-order valence-electron chi connectivity index (χ2n) is 3.49. The summed E-state index contributed by atoms with van der Waals surface area (Å²) in [6.07, 6.45) is 0. The van der Waals surface area contributed by atoms with Gasteiger partial charge in [-0.1, -0.05) is 0 Å². The van der Waals surface area contributed by atoms with Gasteiger partial charge in [-0.3, -0.25) is 9.82 Å². The number of nitrogens with one attached hydrogen (secondary N) is 3. The summed E-state index contributed by atoms with van der Waals surface area (Å²) in [6, 6.07) is -0.191. The highest BCUT2D eigenvalue weighted by Crippen LogP contribution is 2.18. The Labute approximate surface area is 88.6 Å². The molecular formula is C7H15N5O2S. The van der Waals surface area contributed by atoms with Gasteiger partial charge in [0.15, 0.2) is 5.82 Å². The highest BCUT2D eigenvalue weighted by molar-refractivity contribution is 7.90. The van der Waals surface area contributed by atoms with Crippen LogP contribution in [-0.2, 0) is 10.2 Å². The second kappa shape index (κ2) is 4.07. The van der Waals surface area contributed by atoms with Crippen LogP contribution in [0, 0.1) is 6.92 Å². The maximum atomic E-state index is 11.4. The first-order chi connectivity index (χ1) is 6.82. The molecule has 1 aromatic rings. The Hall–Kier alpha value is -1.28. The van der Waals surface area contributed by atoms with Crippen LogP contribution >= 0.6 is 0 Å². The molecule has 0 aliphatic heterocycles. The van der Waals surface area contributed by atoms with E-state index in [-0.39, 0.29) is 11.9 Å². The number of rotatable bonds is 4. The van der Waals surface area contributed by atoms with Gasteiger partial charge < -0.3 is 5.73 Å². The van der Waals surface area contributed by atoms with E-state index in [0.717, 1.165) is 0 Å². The fourth-order valence-electron chi connectivity index (χ4n) is 0.983. The van der Waals surface area contributed by atoms with Gasteiger partial charge in [-0.05, 0) is 20.8 Å². The monoisotopic (exact) mass is 233 g/mol. The predicted molar refractivity (Wildman–Crippen MR) is 58.6 cm³/mol. The van der Waals surface area contributed by atoms with E-state index in [0.29, 0.717) is 11.4 Å². The molecule has 0 saturated heterocycles. The van der Waals surface area contributed by atoms with Crippen LogP contribution in [0.15, 0.2) is 0 Å². The largest absolute Gasteiger partial charge is 0.394 e. The summed E-state index contributed by atoms with van der Waals surface area (Å²) in [5, 5.41) is 6.31. The smallest absolute Gasteiger partial charge is 0.300 e. The maximum absolute atomic E-state index is 11.4. The van der Waals surface area contributed by atoms with Crippen molar-refractivity contribution in [2.75, 3.05) is 10.5 Å². The highest BCUT2D eigenvalue weighted by atomic mass is 32.2. The Morgan fingerprint density at radius 2 is 2.07 bits per heavy atom. The molecule has 15 heavy (non-hydrogen) atoms. The molecule has 86 valence electrons. The van der Waals surface area contributed by atoms with Crippen LogP contribution in [0.4, 0.5) is 11.5 Å². The van der Waals surface area contributed by atoms with Crippen LogP contribution in [0.3, 0.4) is 0 Å². The minimum absolute atomic E-state index is 0.112. The Bertz CT molecular complexity index is 436. The first-order valence-electron chi connectivity index (χ1n) is 4.42. The van der Waals surface area contributed by atoms with Gasteiger partial charge >= 0.3 is 10.2 Å². The fourth-order valence-corrected chi connectivity index (χ4v) is 2.07. The third-order valence-corrected chi connectivity index (χ3v) is 2.86. The van der Waals surface area contributed by atoms with Crippen LogP contribution < -0.4 is 15.2 Å². The molecule has 1 rings (SSSR count). The maximum Gasteiger partial charge on any atom is 0.300 e. The van der Waals surface area contributed by atoms with Crippen molar-refractivity contribution in [3.63, 3.8) is 0 Å². The van der Waals surface area contributed by atoms with E-state index < -0.39 is 10.2 Å². The third-order valence-electron chi connectivity index (χ3n) is 1.62. The number of aromatic amines is 1. The minimum Gasteiger partial charge on any atom is -0.394 e. The number of anilines is 2. The normalized spacial score (nSPS) is 12.0. The van der Waals surface area contributed by atoms with Crippen LogP contribution in [0.1, 0.15) is 19.5 Å². The molecule has 0 amide bonds. The molecule has 8 heteroatoms. The molecule has 0 atom stereocenters. The number of aryl methyl sites for hydroxylation is 1. The lowest BCUT2D eigenvalue weighted by Crippen LogP contribution is -2.35. The molecule has 0 aliphatic carbocycles. The lowest BCUT2D eigenvalue weighted by molar-refractivity contribution is 0.575. The van der Waals surface area contributed by atoms with Crippen LogP contribution in [-0.4, -0.2) is 24.7 Å². The molecule has 0 aromatic carbocycles.